The number of allylic oxidation sites excluding steroid dienone is 1. The van der Waals surface area contributed by atoms with Crippen LogP contribution in [0.2, 0.25) is 0 Å². The Labute approximate surface area is 232 Å². The van der Waals surface area contributed by atoms with Crippen molar-refractivity contribution in [1.82, 2.24) is 0 Å². The van der Waals surface area contributed by atoms with E-state index in [2.05, 4.69) is 11.4 Å². The summed E-state index contributed by atoms with van der Waals surface area (Å²) >= 11 is 0. The zero-order chi connectivity index (χ0) is 22.1. The fourth-order valence-corrected chi connectivity index (χ4v) is 7.70. The average molecular weight is 488 g/mol. The number of rotatable bonds is 4. The first-order valence-corrected chi connectivity index (χ1v) is 12.2. The molecule has 2 radical (unpaired) electrons. The molecule has 32 heavy (non-hydrogen) atoms. The van der Waals surface area contributed by atoms with Crippen molar-refractivity contribution in [2.24, 2.45) is 28.6 Å². The van der Waals surface area contributed by atoms with Crippen molar-refractivity contribution < 1.29 is 38.7 Å². The molecule has 4 aliphatic rings. The fraction of sp³-hybridized carbons (Fsp3) is 0.810. The number of carbonyl (C=O) groups is 2. The average Bonchev–Trinajstić information content (AvgIpc) is 2.91. The Hall–Kier alpha value is 1.11. The maximum absolute atomic E-state index is 12.8. The minimum absolute atomic E-state index is 0. The van der Waals surface area contributed by atoms with E-state index in [0.29, 0.717) is 19.3 Å². The van der Waals surface area contributed by atoms with Gasteiger partial charge < -0.3 is 20.0 Å². The van der Waals surface area contributed by atoms with Crippen LogP contribution in [-0.2, 0) is 18.7 Å². The Morgan fingerprint density at radius 3 is 2.47 bits per heavy atom. The molecule has 7 atom stereocenters. The molecule has 0 aliphatic heterocycles. The molecule has 4 N–H and O–H groups in total. The minimum Gasteiger partial charge on any atom is -0.393 e. The van der Waals surface area contributed by atoms with Crippen LogP contribution in [0.4, 0.5) is 0 Å². The predicted molar refractivity (Wildman–Crippen MR) is 118 cm³/mol. The number of fused-ring (bicyclic) bond motifs is 5. The molecule has 0 aromatic rings. The summed E-state index contributed by atoms with van der Waals surface area (Å²) in [6, 6.07) is 0. The van der Waals surface area contributed by atoms with Crippen LogP contribution in [-0.4, -0.2) is 109 Å². The third kappa shape index (κ3) is 4.62. The van der Waals surface area contributed by atoms with E-state index >= 15 is 0 Å². The molecule has 4 rings (SSSR count). The number of phosphoric acid groups is 1. The maximum atomic E-state index is 12.8. The number of carbonyl (C=O) groups excluding carboxylic acids is 2. The number of aliphatic hydroxyl groups excluding tert-OH is 1. The first kappa shape index (κ1) is 29.3. The standard InChI is InChI=1S/C21H31O8P.2Na/c1-19-7-5-13(22)9-12(19)3-4-14-15-6-8-21(25,17(24)11-29-30(26,27)28)20(15,2)10-16(23)18(14)19;;/h9,14-16,18,23,25H,3-8,10-11H2,1-2H3,(H2,26,27,28);;/t14-,15-,16-,18+,19-,20-,21-;;/m0../s1. The van der Waals surface area contributed by atoms with Crippen LogP contribution in [0.15, 0.2) is 11.6 Å². The van der Waals surface area contributed by atoms with Gasteiger partial charge in [0.2, 0.25) is 0 Å². The van der Waals surface area contributed by atoms with E-state index in [9.17, 15) is 24.4 Å². The smallest absolute Gasteiger partial charge is 0.393 e. The normalized spacial score (nSPS) is 43.1. The predicted octanol–water partition coefficient (Wildman–Crippen LogP) is 1.14. The molecule has 0 amide bonds. The van der Waals surface area contributed by atoms with Crippen molar-refractivity contribution >= 4 is 78.5 Å². The Morgan fingerprint density at radius 2 is 1.84 bits per heavy atom. The Morgan fingerprint density at radius 1 is 1.19 bits per heavy atom. The van der Waals surface area contributed by atoms with Gasteiger partial charge in [-0.1, -0.05) is 19.4 Å². The Balaban J connectivity index is 0.00000181. The van der Waals surface area contributed by atoms with E-state index in [1.807, 2.05) is 6.92 Å². The van der Waals surface area contributed by atoms with Crippen LogP contribution in [0.5, 0.6) is 0 Å². The molecule has 11 heteroatoms. The van der Waals surface area contributed by atoms with Crippen LogP contribution in [0.1, 0.15) is 58.8 Å². The monoisotopic (exact) mass is 488 g/mol. The SMILES string of the molecule is C[C@]12CCC(=O)C=C1CC[C@@H]1[C@@H]2[C@@H](O)C[C@@]2(C)[C@H]1CC[C@]2(O)C(=O)COP(=O)(O)O.[Na].[Na]. The molecular formula is C21H31Na2O8P. The van der Waals surface area contributed by atoms with Gasteiger partial charge in [0.05, 0.1) is 6.10 Å². The van der Waals surface area contributed by atoms with Crippen LogP contribution >= 0.6 is 7.82 Å². The Kier molecular flexibility index (Phi) is 9.05. The summed E-state index contributed by atoms with van der Waals surface area (Å²) in [4.78, 5) is 42.6. The second-order valence-electron chi connectivity index (χ2n) is 10.2. The van der Waals surface area contributed by atoms with Gasteiger partial charge in [-0.2, -0.15) is 0 Å². The third-order valence-electron chi connectivity index (χ3n) is 8.87. The molecule has 0 aromatic carbocycles. The van der Waals surface area contributed by atoms with Crippen LogP contribution in [0, 0.1) is 28.6 Å². The van der Waals surface area contributed by atoms with Crippen LogP contribution < -0.4 is 0 Å². The van der Waals surface area contributed by atoms with E-state index in [1.54, 1.807) is 6.08 Å². The minimum atomic E-state index is -4.83. The summed E-state index contributed by atoms with van der Waals surface area (Å²) in [7, 11) is -4.83. The molecule has 0 aromatic heterocycles. The second-order valence-corrected chi connectivity index (χ2v) is 11.4. The molecule has 4 aliphatic carbocycles. The molecule has 0 bridgehead atoms. The number of phosphoric ester groups is 1. The first-order valence-electron chi connectivity index (χ1n) is 10.7. The van der Waals surface area contributed by atoms with Crippen molar-refractivity contribution in [2.45, 2.75) is 70.5 Å². The van der Waals surface area contributed by atoms with Crippen LogP contribution in [0.3, 0.4) is 0 Å². The zero-order valence-corrected chi connectivity index (χ0v) is 24.3. The summed E-state index contributed by atoms with van der Waals surface area (Å²) in [6.45, 7) is 3.09. The summed E-state index contributed by atoms with van der Waals surface area (Å²) in [6.07, 6.45) is 4.79. The van der Waals surface area contributed by atoms with Gasteiger partial charge in [-0.3, -0.25) is 14.1 Å². The van der Waals surface area contributed by atoms with Crippen molar-refractivity contribution in [2.75, 3.05) is 6.61 Å². The summed E-state index contributed by atoms with van der Waals surface area (Å²) in [5.41, 5.74) is -1.84. The van der Waals surface area contributed by atoms with Gasteiger partial charge in [-0.15, -0.1) is 0 Å². The van der Waals surface area contributed by atoms with Crippen molar-refractivity contribution in [3.05, 3.63) is 11.6 Å². The van der Waals surface area contributed by atoms with Gasteiger partial charge in [0, 0.05) is 71.0 Å². The molecule has 0 unspecified atom stereocenters. The number of aliphatic hydroxyl groups is 2. The van der Waals surface area contributed by atoms with Gasteiger partial charge in [0.15, 0.2) is 11.6 Å². The summed E-state index contributed by atoms with van der Waals surface area (Å²) < 4.78 is 15.4. The molecule has 0 spiro atoms. The van der Waals surface area contributed by atoms with E-state index in [1.165, 1.54) is 0 Å². The van der Waals surface area contributed by atoms with E-state index in [4.69, 9.17) is 9.79 Å². The number of hydrogen-bond donors (Lipinski definition) is 4. The quantitative estimate of drug-likeness (QED) is 0.341. The van der Waals surface area contributed by atoms with Crippen molar-refractivity contribution in [3.63, 3.8) is 0 Å². The van der Waals surface area contributed by atoms with Gasteiger partial charge >= 0.3 is 7.82 Å². The summed E-state index contributed by atoms with van der Waals surface area (Å²) in [5.74, 6) is -0.522. The molecular weight excluding hydrogens is 457 g/mol. The number of ketones is 2. The molecule has 3 saturated carbocycles. The van der Waals surface area contributed by atoms with Crippen molar-refractivity contribution in [1.29, 1.82) is 0 Å². The van der Waals surface area contributed by atoms with Gasteiger partial charge in [-0.25, -0.2) is 4.57 Å². The molecule has 0 heterocycles. The molecule has 8 nitrogen and oxygen atoms in total. The second kappa shape index (κ2) is 9.87. The van der Waals surface area contributed by atoms with Crippen LogP contribution in [0.25, 0.3) is 0 Å². The zero-order valence-electron chi connectivity index (χ0n) is 19.4. The number of hydrogen-bond acceptors (Lipinski definition) is 6. The van der Waals surface area contributed by atoms with Gasteiger partial charge in [0.1, 0.15) is 12.2 Å². The fourth-order valence-electron chi connectivity index (χ4n) is 7.41. The van der Waals surface area contributed by atoms with Gasteiger partial charge in [0.25, 0.3) is 0 Å². The Bertz CT molecular complexity index is 859. The molecule has 0 saturated heterocycles. The molecule has 170 valence electrons. The number of Topliss-reactive ketones (excluding diaryl/α,β-unsaturated/α-hetero) is 1. The molecule has 3 fully saturated rings. The van der Waals surface area contributed by atoms with Gasteiger partial charge in [-0.05, 0) is 67.8 Å². The van der Waals surface area contributed by atoms with Crippen molar-refractivity contribution in [3.8, 4) is 0 Å². The first-order chi connectivity index (χ1) is 13.8. The van der Waals surface area contributed by atoms with E-state index in [-0.39, 0.29) is 101 Å². The van der Waals surface area contributed by atoms with E-state index in [0.717, 1.165) is 18.4 Å². The third-order valence-corrected chi connectivity index (χ3v) is 9.34. The van der Waals surface area contributed by atoms with E-state index < -0.39 is 37.3 Å². The largest absolute Gasteiger partial charge is 0.470 e. The topological polar surface area (TPSA) is 141 Å². The maximum Gasteiger partial charge on any atom is 0.470 e. The summed E-state index contributed by atoms with van der Waals surface area (Å²) in [5, 5.41) is 22.7.